The average Bonchev–Trinajstić information content (AvgIpc) is 3.17. The van der Waals surface area contributed by atoms with Crippen molar-refractivity contribution in [2.45, 2.75) is 26.3 Å². The Labute approximate surface area is 165 Å². The van der Waals surface area contributed by atoms with Crippen LogP contribution in [0.15, 0.2) is 42.7 Å². The minimum absolute atomic E-state index is 0.0481. The molecule has 1 aromatic carbocycles. The number of carbonyl (C=O) groups excluding carboxylic acids is 2. The second-order valence-electron chi connectivity index (χ2n) is 7.23. The number of esters is 1. The number of likely N-dealkylation sites (tertiary alicyclic amines) is 1. The van der Waals surface area contributed by atoms with Crippen molar-refractivity contribution in [3.63, 3.8) is 0 Å². The summed E-state index contributed by atoms with van der Waals surface area (Å²) in [6, 6.07) is 9.92. The molecule has 28 heavy (non-hydrogen) atoms. The van der Waals surface area contributed by atoms with E-state index in [4.69, 9.17) is 4.74 Å². The van der Waals surface area contributed by atoms with E-state index in [2.05, 4.69) is 5.10 Å². The lowest BCUT2D eigenvalue weighted by Crippen LogP contribution is -2.46. The quantitative estimate of drug-likeness (QED) is 0.684. The fraction of sp³-hybridized carbons (Fsp3) is 0.476. The van der Waals surface area contributed by atoms with Gasteiger partial charge in [0.2, 0.25) is 5.91 Å². The Kier molecular flexibility index (Phi) is 6.81. The molecule has 7 nitrogen and oxygen atoms in total. The van der Waals surface area contributed by atoms with E-state index < -0.39 is 0 Å². The fourth-order valence-electron chi connectivity index (χ4n) is 3.52. The number of likely N-dealkylation sites (N-methyl/N-ethyl adjacent to an activating group) is 1. The highest BCUT2D eigenvalue weighted by Gasteiger charge is 2.29. The monoisotopic (exact) mass is 384 g/mol. The molecule has 3 rings (SSSR count). The molecule has 2 heterocycles. The standard InChI is InChI=1S/C21H28N4O3/c1-3-28-21(27)18-8-7-11-24(15-18)20(26)16-23(2)13-17-12-22-25(14-17)19-9-5-4-6-10-19/h4-6,9-10,12,14,18H,3,7-8,11,13,15-16H2,1-2H3. The number of hydrogen-bond donors (Lipinski definition) is 0. The Morgan fingerprint density at radius 1 is 1.29 bits per heavy atom. The minimum Gasteiger partial charge on any atom is -0.466 e. The summed E-state index contributed by atoms with van der Waals surface area (Å²) < 4.78 is 6.94. The maximum atomic E-state index is 12.7. The van der Waals surface area contributed by atoms with Gasteiger partial charge in [0.1, 0.15) is 0 Å². The van der Waals surface area contributed by atoms with Gasteiger partial charge in [-0.2, -0.15) is 5.10 Å². The maximum absolute atomic E-state index is 12.7. The SMILES string of the molecule is CCOC(=O)C1CCCN(C(=O)CN(C)Cc2cnn(-c3ccccc3)c2)C1. The molecule has 1 unspecified atom stereocenters. The van der Waals surface area contributed by atoms with Crippen LogP contribution in [0.1, 0.15) is 25.3 Å². The zero-order valence-electron chi connectivity index (χ0n) is 16.6. The number of nitrogens with zero attached hydrogens (tertiary/aromatic N) is 4. The first-order valence-corrected chi connectivity index (χ1v) is 9.78. The average molecular weight is 384 g/mol. The van der Waals surface area contributed by atoms with Crippen LogP contribution in [-0.4, -0.2) is 64.7 Å². The molecular formula is C21H28N4O3. The number of benzene rings is 1. The van der Waals surface area contributed by atoms with Gasteiger partial charge in [0, 0.05) is 31.4 Å². The highest BCUT2D eigenvalue weighted by atomic mass is 16.5. The van der Waals surface area contributed by atoms with E-state index in [1.165, 1.54) is 0 Å². The summed E-state index contributed by atoms with van der Waals surface area (Å²) in [6.45, 7) is 4.28. The van der Waals surface area contributed by atoms with Gasteiger partial charge in [0.25, 0.3) is 0 Å². The summed E-state index contributed by atoms with van der Waals surface area (Å²) >= 11 is 0. The van der Waals surface area contributed by atoms with E-state index >= 15 is 0 Å². The molecule has 1 aromatic heterocycles. The Morgan fingerprint density at radius 3 is 2.82 bits per heavy atom. The van der Waals surface area contributed by atoms with Crippen molar-refractivity contribution in [3.05, 3.63) is 48.3 Å². The molecule has 1 atom stereocenters. The lowest BCUT2D eigenvalue weighted by Gasteiger charge is -2.32. The molecule has 1 saturated heterocycles. The summed E-state index contributed by atoms with van der Waals surface area (Å²) in [5.41, 5.74) is 2.05. The van der Waals surface area contributed by atoms with Crippen molar-refractivity contribution in [1.82, 2.24) is 19.6 Å². The highest BCUT2D eigenvalue weighted by Crippen LogP contribution is 2.18. The van der Waals surface area contributed by atoms with Crippen molar-refractivity contribution in [3.8, 4) is 5.69 Å². The normalized spacial score (nSPS) is 17.0. The number of aromatic nitrogens is 2. The number of piperidine rings is 1. The number of amides is 1. The van der Waals surface area contributed by atoms with Crippen LogP contribution in [0.2, 0.25) is 0 Å². The number of rotatable bonds is 7. The number of ether oxygens (including phenoxy) is 1. The van der Waals surface area contributed by atoms with Crippen LogP contribution in [0.3, 0.4) is 0 Å². The minimum atomic E-state index is -0.202. The Balaban J connectivity index is 1.52. The summed E-state index contributed by atoms with van der Waals surface area (Å²) in [4.78, 5) is 28.4. The number of hydrogen-bond acceptors (Lipinski definition) is 5. The first kappa shape index (κ1) is 20.1. The Bertz CT molecular complexity index is 790. The topological polar surface area (TPSA) is 67.7 Å². The molecular weight excluding hydrogens is 356 g/mol. The molecule has 0 radical (unpaired) electrons. The maximum Gasteiger partial charge on any atom is 0.310 e. The van der Waals surface area contributed by atoms with Gasteiger partial charge in [0.05, 0.1) is 31.0 Å². The second-order valence-corrected chi connectivity index (χ2v) is 7.23. The Morgan fingerprint density at radius 2 is 2.07 bits per heavy atom. The van der Waals surface area contributed by atoms with Gasteiger partial charge in [-0.05, 0) is 38.9 Å². The van der Waals surface area contributed by atoms with Crippen molar-refractivity contribution in [1.29, 1.82) is 0 Å². The van der Waals surface area contributed by atoms with Crippen molar-refractivity contribution >= 4 is 11.9 Å². The molecule has 1 amide bonds. The molecule has 150 valence electrons. The van der Waals surface area contributed by atoms with Gasteiger partial charge < -0.3 is 9.64 Å². The van der Waals surface area contributed by atoms with E-state index in [1.807, 2.05) is 59.4 Å². The van der Waals surface area contributed by atoms with Crippen LogP contribution in [-0.2, 0) is 20.9 Å². The molecule has 1 aliphatic heterocycles. The van der Waals surface area contributed by atoms with E-state index in [0.29, 0.717) is 32.8 Å². The molecule has 0 spiro atoms. The van der Waals surface area contributed by atoms with Gasteiger partial charge in [-0.15, -0.1) is 0 Å². The molecule has 0 bridgehead atoms. The fourth-order valence-corrected chi connectivity index (χ4v) is 3.52. The van der Waals surface area contributed by atoms with Gasteiger partial charge in [-0.25, -0.2) is 4.68 Å². The van der Waals surface area contributed by atoms with Crippen LogP contribution in [0.25, 0.3) is 5.69 Å². The van der Waals surface area contributed by atoms with Crippen LogP contribution >= 0.6 is 0 Å². The van der Waals surface area contributed by atoms with Gasteiger partial charge in [0.15, 0.2) is 0 Å². The number of carbonyl (C=O) groups is 2. The van der Waals surface area contributed by atoms with Gasteiger partial charge in [-0.1, -0.05) is 18.2 Å². The predicted molar refractivity (Wildman–Crippen MR) is 106 cm³/mol. The highest BCUT2D eigenvalue weighted by molar-refractivity contribution is 5.80. The molecule has 1 aliphatic rings. The van der Waals surface area contributed by atoms with Crippen molar-refractivity contribution in [2.24, 2.45) is 5.92 Å². The smallest absolute Gasteiger partial charge is 0.310 e. The lowest BCUT2D eigenvalue weighted by molar-refractivity contribution is -0.151. The van der Waals surface area contributed by atoms with Crippen molar-refractivity contribution < 1.29 is 14.3 Å². The number of para-hydroxylation sites is 1. The van der Waals surface area contributed by atoms with E-state index in [-0.39, 0.29) is 17.8 Å². The lowest BCUT2D eigenvalue weighted by atomic mass is 9.98. The summed E-state index contributed by atoms with van der Waals surface area (Å²) in [5, 5.41) is 4.40. The molecule has 0 aliphatic carbocycles. The van der Waals surface area contributed by atoms with E-state index in [0.717, 1.165) is 24.1 Å². The third-order valence-electron chi connectivity index (χ3n) is 4.91. The zero-order chi connectivity index (χ0) is 19.9. The van der Waals surface area contributed by atoms with Crippen LogP contribution < -0.4 is 0 Å². The third kappa shape index (κ3) is 5.19. The van der Waals surface area contributed by atoms with E-state index in [1.54, 1.807) is 11.8 Å². The third-order valence-corrected chi connectivity index (χ3v) is 4.91. The second kappa shape index (κ2) is 9.50. The molecule has 2 aromatic rings. The zero-order valence-corrected chi connectivity index (χ0v) is 16.6. The van der Waals surface area contributed by atoms with Crippen LogP contribution in [0, 0.1) is 5.92 Å². The molecule has 1 fully saturated rings. The van der Waals surface area contributed by atoms with Gasteiger partial charge in [-0.3, -0.25) is 14.5 Å². The summed E-state index contributed by atoms with van der Waals surface area (Å²) in [5.74, 6) is -0.347. The summed E-state index contributed by atoms with van der Waals surface area (Å²) in [6.07, 6.45) is 5.43. The molecule has 0 N–H and O–H groups in total. The van der Waals surface area contributed by atoms with Gasteiger partial charge >= 0.3 is 5.97 Å². The van der Waals surface area contributed by atoms with Crippen LogP contribution in [0.4, 0.5) is 0 Å². The van der Waals surface area contributed by atoms with Crippen molar-refractivity contribution in [2.75, 3.05) is 33.3 Å². The predicted octanol–water partition coefficient (Wildman–Crippen LogP) is 2.11. The van der Waals surface area contributed by atoms with E-state index in [9.17, 15) is 9.59 Å². The Hall–Kier alpha value is -2.67. The molecule has 0 saturated carbocycles. The molecule has 7 heteroatoms. The largest absolute Gasteiger partial charge is 0.466 e. The first-order chi connectivity index (χ1) is 13.6. The first-order valence-electron chi connectivity index (χ1n) is 9.78. The van der Waals surface area contributed by atoms with Crippen LogP contribution in [0.5, 0.6) is 0 Å². The summed E-state index contributed by atoms with van der Waals surface area (Å²) in [7, 11) is 1.92.